The van der Waals surface area contributed by atoms with Crippen molar-refractivity contribution in [2.24, 2.45) is 18.2 Å². The summed E-state index contributed by atoms with van der Waals surface area (Å²) in [6.07, 6.45) is 6.54. The van der Waals surface area contributed by atoms with Gasteiger partial charge in [0.1, 0.15) is 0 Å². The second-order valence-electron chi connectivity index (χ2n) is 5.30. The summed E-state index contributed by atoms with van der Waals surface area (Å²) in [4.78, 5) is 12.1. The molecule has 100 valence electrons. The van der Waals surface area contributed by atoms with Crippen LogP contribution < -0.4 is 11.1 Å². The number of hydrogen-bond donors (Lipinski definition) is 2. The van der Waals surface area contributed by atoms with Gasteiger partial charge in [-0.3, -0.25) is 9.48 Å². The topological polar surface area (TPSA) is 72.9 Å². The Morgan fingerprint density at radius 3 is 2.83 bits per heavy atom. The van der Waals surface area contributed by atoms with E-state index in [4.69, 9.17) is 5.73 Å². The van der Waals surface area contributed by atoms with Gasteiger partial charge >= 0.3 is 0 Å². The summed E-state index contributed by atoms with van der Waals surface area (Å²) in [7, 11) is 1.86. The third-order valence-electron chi connectivity index (χ3n) is 3.90. The molecule has 1 heterocycles. The van der Waals surface area contributed by atoms with Gasteiger partial charge in [-0.2, -0.15) is 5.10 Å². The van der Waals surface area contributed by atoms with Gasteiger partial charge in [0.2, 0.25) is 5.91 Å². The number of carbonyl (C=O) groups is 1. The molecule has 0 aliphatic heterocycles. The van der Waals surface area contributed by atoms with Crippen molar-refractivity contribution in [3.8, 4) is 0 Å². The largest absolute Gasteiger partial charge is 0.330 e. The van der Waals surface area contributed by atoms with Crippen LogP contribution >= 0.6 is 0 Å². The van der Waals surface area contributed by atoms with Gasteiger partial charge in [0.15, 0.2) is 0 Å². The Balaban J connectivity index is 1.98. The van der Waals surface area contributed by atoms with Crippen molar-refractivity contribution in [3.63, 3.8) is 0 Å². The highest BCUT2D eigenvalue weighted by atomic mass is 16.1. The summed E-state index contributed by atoms with van der Waals surface area (Å²) in [6, 6.07) is 0. The van der Waals surface area contributed by atoms with E-state index in [1.54, 1.807) is 4.68 Å². The molecule has 1 amide bonds. The molecule has 0 saturated heterocycles. The summed E-state index contributed by atoms with van der Waals surface area (Å²) in [5.74, 6) is 0.0582. The number of rotatable bonds is 5. The lowest BCUT2D eigenvalue weighted by molar-refractivity contribution is -0.119. The predicted molar refractivity (Wildman–Crippen MR) is 71.2 cm³/mol. The molecule has 0 spiro atoms. The molecule has 0 aromatic carbocycles. The minimum absolute atomic E-state index is 0.0542. The summed E-state index contributed by atoms with van der Waals surface area (Å²) in [6.45, 7) is 2.64. The maximum atomic E-state index is 12.1. The van der Waals surface area contributed by atoms with Crippen molar-refractivity contribution in [2.75, 3.05) is 11.9 Å². The van der Waals surface area contributed by atoms with Crippen molar-refractivity contribution >= 4 is 11.6 Å². The van der Waals surface area contributed by atoms with Crippen LogP contribution in [0.2, 0.25) is 0 Å². The molecule has 0 radical (unpaired) electrons. The van der Waals surface area contributed by atoms with Gasteiger partial charge in [-0.25, -0.2) is 0 Å². The number of nitrogens with zero attached hydrogens (tertiary/aromatic N) is 2. The normalized spacial score (nSPS) is 17.3. The van der Waals surface area contributed by atoms with Gasteiger partial charge < -0.3 is 11.1 Å². The van der Waals surface area contributed by atoms with Crippen molar-refractivity contribution in [2.45, 2.75) is 39.0 Å². The summed E-state index contributed by atoms with van der Waals surface area (Å²) in [5.41, 5.74) is 7.59. The zero-order valence-corrected chi connectivity index (χ0v) is 11.2. The van der Waals surface area contributed by atoms with Crippen LogP contribution in [0.15, 0.2) is 6.20 Å². The van der Waals surface area contributed by atoms with Crippen molar-refractivity contribution < 1.29 is 4.79 Å². The molecule has 1 aromatic rings. The van der Waals surface area contributed by atoms with E-state index in [2.05, 4.69) is 10.4 Å². The molecular formula is C13H22N4O. The van der Waals surface area contributed by atoms with Crippen LogP contribution in [0.1, 0.15) is 38.3 Å². The average molecular weight is 250 g/mol. The van der Waals surface area contributed by atoms with Crippen LogP contribution in [0.4, 0.5) is 5.69 Å². The lowest BCUT2D eigenvalue weighted by Gasteiger charge is -2.40. The number of aryl methyl sites for hydroxylation is 2. The molecule has 1 aliphatic carbocycles. The molecule has 2 rings (SSSR count). The van der Waals surface area contributed by atoms with Crippen LogP contribution in [-0.2, 0) is 18.3 Å². The molecular weight excluding hydrogens is 228 g/mol. The molecule has 1 aliphatic rings. The van der Waals surface area contributed by atoms with Crippen LogP contribution in [-0.4, -0.2) is 22.2 Å². The number of carbonyl (C=O) groups excluding carboxylic acids is 1. The molecule has 0 atom stereocenters. The number of hydrogen-bond acceptors (Lipinski definition) is 3. The van der Waals surface area contributed by atoms with Gasteiger partial charge in [-0.15, -0.1) is 0 Å². The van der Waals surface area contributed by atoms with E-state index in [0.29, 0.717) is 13.0 Å². The van der Waals surface area contributed by atoms with E-state index in [-0.39, 0.29) is 11.3 Å². The SMILES string of the molecule is CCc1nn(C)cc1NC(=O)CC1(CN)CCC1. The first kappa shape index (κ1) is 13.1. The lowest BCUT2D eigenvalue weighted by Crippen LogP contribution is -2.40. The quantitative estimate of drug-likeness (QED) is 0.830. The number of amides is 1. The standard InChI is InChI=1S/C13H22N4O/c1-3-10-11(8-17(2)16-10)15-12(18)7-13(9-14)5-4-6-13/h8H,3-7,9,14H2,1-2H3,(H,15,18). The highest BCUT2D eigenvalue weighted by molar-refractivity contribution is 5.91. The lowest BCUT2D eigenvalue weighted by atomic mass is 9.66. The van der Waals surface area contributed by atoms with Gasteiger partial charge in [0, 0.05) is 19.7 Å². The van der Waals surface area contributed by atoms with Gasteiger partial charge in [-0.05, 0) is 31.2 Å². The van der Waals surface area contributed by atoms with Crippen molar-refractivity contribution in [1.82, 2.24) is 9.78 Å². The van der Waals surface area contributed by atoms with Crippen LogP contribution in [0, 0.1) is 5.41 Å². The third kappa shape index (κ3) is 2.56. The molecule has 1 saturated carbocycles. The van der Waals surface area contributed by atoms with E-state index in [1.807, 2.05) is 20.2 Å². The van der Waals surface area contributed by atoms with Crippen LogP contribution in [0.5, 0.6) is 0 Å². The third-order valence-corrected chi connectivity index (χ3v) is 3.90. The first-order chi connectivity index (χ1) is 8.58. The second kappa shape index (κ2) is 5.10. The molecule has 3 N–H and O–H groups in total. The summed E-state index contributed by atoms with van der Waals surface area (Å²) in [5, 5.41) is 7.27. The van der Waals surface area contributed by atoms with E-state index in [1.165, 1.54) is 6.42 Å². The van der Waals surface area contributed by atoms with Crippen molar-refractivity contribution in [3.05, 3.63) is 11.9 Å². The fourth-order valence-corrected chi connectivity index (χ4v) is 2.56. The Kier molecular flexibility index (Phi) is 3.71. The number of nitrogens with one attached hydrogen (secondary N) is 1. The van der Waals surface area contributed by atoms with Crippen LogP contribution in [0.25, 0.3) is 0 Å². The minimum atomic E-state index is 0.0542. The Labute approximate surface area is 108 Å². The summed E-state index contributed by atoms with van der Waals surface area (Å²) >= 11 is 0. The maximum Gasteiger partial charge on any atom is 0.225 e. The predicted octanol–water partition coefficient (Wildman–Crippen LogP) is 1.44. The second-order valence-corrected chi connectivity index (χ2v) is 5.30. The van der Waals surface area contributed by atoms with Gasteiger partial charge in [0.05, 0.1) is 11.4 Å². The van der Waals surface area contributed by atoms with E-state index in [0.717, 1.165) is 30.6 Å². The van der Waals surface area contributed by atoms with E-state index >= 15 is 0 Å². The molecule has 5 nitrogen and oxygen atoms in total. The molecule has 5 heteroatoms. The zero-order chi connectivity index (χ0) is 13.2. The smallest absolute Gasteiger partial charge is 0.225 e. The molecule has 1 fully saturated rings. The number of anilines is 1. The highest BCUT2D eigenvalue weighted by Gasteiger charge is 2.37. The average Bonchev–Trinajstić information content (AvgIpc) is 2.64. The number of nitrogens with two attached hydrogens (primary N) is 1. The molecule has 0 bridgehead atoms. The molecule has 1 aromatic heterocycles. The van der Waals surface area contributed by atoms with E-state index in [9.17, 15) is 4.79 Å². The molecule has 0 unspecified atom stereocenters. The Morgan fingerprint density at radius 1 is 1.61 bits per heavy atom. The fraction of sp³-hybridized carbons (Fsp3) is 0.692. The first-order valence-electron chi connectivity index (χ1n) is 6.61. The Hall–Kier alpha value is -1.36. The first-order valence-corrected chi connectivity index (χ1v) is 6.61. The maximum absolute atomic E-state index is 12.1. The summed E-state index contributed by atoms with van der Waals surface area (Å²) < 4.78 is 1.73. The van der Waals surface area contributed by atoms with Crippen LogP contribution in [0.3, 0.4) is 0 Å². The van der Waals surface area contributed by atoms with Crippen molar-refractivity contribution in [1.29, 1.82) is 0 Å². The Morgan fingerprint density at radius 2 is 2.33 bits per heavy atom. The number of aromatic nitrogens is 2. The molecule has 18 heavy (non-hydrogen) atoms. The fourth-order valence-electron chi connectivity index (χ4n) is 2.56. The van der Waals surface area contributed by atoms with Gasteiger partial charge in [0.25, 0.3) is 0 Å². The monoisotopic (exact) mass is 250 g/mol. The zero-order valence-electron chi connectivity index (χ0n) is 11.2. The minimum Gasteiger partial charge on any atom is -0.330 e. The highest BCUT2D eigenvalue weighted by Crippen LogP contribution is 2.43. The van der Waals surface area contributed by atoms with E-state index < -0.39 is 0 Å². The van der Waals surface area contributed by atoms with Gasteiger partial charge in [-0.1, -0.05) is 13.3 Å². The Bertz CT molecular complexity index is 429.